The van der Waals surface area contributed by atoms with E-state index in [4.69, 9.17) is 16.3 Å². The molecule has 0 aliphatic rings. The van der Waals surface area contributed by atoms with Crippen LogP contribution in [0.4, 0.5) is 5.69 Å². The highest BCUT2D eigenvalue weighted by atomic mass is 35.5. The first-order valence-corrected chi connectivity index (χ1v) is 9.72. The van der Waals surface area contributed by atoms with Gasteiger partial charge in [-0.3, -0.25) is 4.79 Å². The zero-order valence-corrected chi connectivity index (χ0v) is 17.1. The van der Waals surface area contributed by atoms with Gasteiger partial charge in [-0.05, 0) is 43.2 Å². The average molecular weight is 412 g/mol. The number of carbonyl (C=O) groups excluding carboxylic acids is 2. The summed E-state index contributed by atoms with van der Waals surface area (Å²) in [7, 11) is 0. The summed E-state index contributed by atoms with van der Waals surface area (Å²) in [6, 6.07) is 16.3. The number of halogens is 1. The van der Waals surface area contributed by atoms with Gasteiger partial charge in [0, 0.05) is 5.69 Å². The maximum Gasteiger partial charge on any atom is 0.338 e. The number of ether oxygens (including phenoxy) is 1. The molecule has 0 radical (unpaired) electrons. The van der Waals surface area contributed by atoms with Crippen molar-refractivity contribution in [2.24, 2.45) is 0 Å². The molecule has 1 N–H and O–H groups in total. The van der Waals surface area contributed by atoms with Gasteiger partial charge in [0.2, 0.25) is 0 Å². The Bertz CT molecular complexity index is 998. The number of nitrogens with one attached hydrogen (secondary N) is 1. The molecule has 3 rings (SSSR count). The molecule has 150 valence electrons. The molecule has 0 unspecified atom stereocenters. The molecule has 0 aliphatic heterocycles. The zero-order chi connectivity index (χ0) is 20.8. The minimum absolute atomic E-state index is 0.281. The second-order valence-corrected chi connectivity index (χ2v) is 6.92. The van der Waals surface area contributed by atoms with Crippen LogP contribution in [-0.2, 0) is 11.3 Å². The van der Waals surface area contributed by atoms with Gasteiger partial charge in [0.15, 0.2) is 0 Å². The molecule has 1 heterocycles. The second kappa shape index (κ2) is 9.39. The van der Waals surface area contributed by atoms with Gasteiger partial charge in [-0.25, -0.2) is 9.48 Å². The standard InChI is InChI=1S/C22H22ClN3O3/c1-3-13-29-22(28)17-9-11-18(12-10-17)24-21(27)19-15(2)25-26(20(19)23)14-16-7-5-4-6-8-16/h4-12H,3,13-14H2,1-2H3,(H,24,27). The Morgan fingerprint density at radius 2 is 1.79 bits per heavy atom. The predicted molar refractivity (Wildman–Crippen MR) is 112 cm³/mol. The first-order chi connectivity index (χ1) is 14.0. The third-order valence-corrected chi connectivity index (χ3v) is 4.67. The van der Waals surface area contributed by atoms with Crippen molar-refractivity contribution < 1.29 is 14.3 Å². The number of aromatic nitrogens is 2. The van der Waals surface area contributed by atoms with Crippen LogP contribution in [0.1, 0.15) is 45.3 Å². The molecule has 0 saturated carbocycles. The van der Waals surface area contributed by atoms with E-state index >= 15 is 0 Å². The van der Waals surface area contributed by atoms with Crippen molar-refractivity contribution in [3.8, 4) is 0 Å². The molecule has 3 aromatic rings. The summed E-state index contributed by atoms with van der Waals surface area (Å²) >= 11 is 6.43. The summed E-state index contributed by atoms with van der Waals surface area (Å²) < 4.78 is 6.70. The fourth-order valence-electron chi connectivity index (χ4n) is 2.83. The highest BCUT2D eigenvalue weighted by molar-refractivity contribution is 6.33. The van der Waals surface area contributed by atoms with Crippen LogP contribution < -0.4 is 5.32 Å². The summed E-state index contributed by atoms with van der Waals surface area (Å²) in [5.74, 6) is -0.737. The Balaban J connectivity index is 1.71. The number of aryl methyl sites for hydroxylation is 1. The Labute approximate surface area is 174 Å². The van der Waals surface area contributed by atoms with Crippen molar-refractivity contribution in [3.05, 3.63) is 82.1 Å². The summed E-state index contributed by atoms with van der Waals surface area (Å²) in [4.78, 5) is 24.6. The molecule has 1 amide bonds. The number of hydrogen-bond acceptors (Lipinski definition) is 4. The van der Waals surface area contributed by atoms with Gasteiger partial charge < -0.3 is 10.1 Å². The zero-order valence-electron chi connectivity index (χ0n) is 16.3. The Hall–Kier alpha value is -3.12. The molecule has 0 aliphatic carbocycles. The van der Waals surface area contributed by atoms with Gasteiger partial charge in [-0.15, -0.1) is 0 Å². The number of carbonyl (C=O) groups is 2. The third kappa shape index (κ3) is 5.03. The van der Waals surface area contributed by atoms with E-state index in [-0.39, 0.29) is 17.0 Å². The van der Waals surface area contributed by atoms with E-state index in [1.54, 1.807) is 35.9 Å². The lowest BCUT2D eigenvalue weighted by Gasteiger charge is -2.07. The average Bonchev–Trinajstić information content (AvgIpc) is 3.00. The first-order valence-electron chi connectivity index (χ1n) is 9.35. The molecular weight excluding hydrogens is 390 g/mol. The maximum atomic E-state index is 12.7. The summed E-state index contributed by atoms with van der Waals surface area (Å²) in [6.07, 6.45) is 0.762. The molecular formula is C22H22ClN3O3. The van der Waals surface area contributed by atoms with Crippen LogP contribution in [0.5, 0.6) is 0 Å². The molecule has 0 atom stereocenters. The lowest BCUT2D eigenvalue weighted by molar-refractivity contribution is 0.0505. The summed E-state index contributed by atoms with van der Waals surface area (Å²) in [5, 5.41) is 7.48. The Morgan fingerprint density at radius 3 is 2.45 bits per heavy atom. The molecule has 2 aromatic carbocycles. The summed E-state index contributed by atoms with van der Waals surface area (Å²) in [5.41, 5.74) is 2.89. The van der Waals surface area contributed by atoms with Gasteiger partial charge in [-0.1, -0.05) is 48.9 Å². The van der Waals surface area contributed by atoms with Gasteiger partial charge in [-0.2, -0.15) is 5.10 Å². The predicted octanol–water partition coefficient (Wildman–Crippen LogP) is 4.71. The number of anilines is 1. The van der Waals surface area contributed by atoms with E-state index < -0.39 is 0 Å². The monoisotopic (exact) mass is 411 g/mol. The number of amides is 1. The van der Waals surface area contributed by atoms with E-state index in [2.05, 4.69) is 10.4 Å². The van der Waals surface area contributed by atoms with Gasteiger partial charge in [0.05, 0.1) is 30.0 Å². The first kappa shape index (κ1) is 20.6. The Kier molecular flexibility index (Phi) is 6.67. The van der Waals surface area contributed by atoms with E-state index in [0.717, 1.165) is 12.0 Å². The highest BCUT2D eigenvalue weighted by Gasteiger charge is 2.20. The van der Waals surface area contributed by atoms with Crippen molar-refractivity contribution in [2.75, 3.05) is 11.9 Å². The van der Waals surface area contributed by atoms with Gasteiger partial charge in [0.25, 0.3) is 5.91 Å². The molecule has 7 heteroatoms. The lowest BCUT2D eigenvalue weighted by atomic mass is 10.2. The SMILES string of the molecule is CCCOC(=O)c1ccc(NC(=O)c2c(C)nn(Cc3ccccc3)c2Cl)cc1. The van der Waals surface area contributed by atoms with Crippen LogP contribution >= 0.6 is 11.6 Å². The normalized spacial score (nSPS) is 10.6. The van der Waals surface area contributed by atoms with Crippen LogP contribution in [0.15, 0.2) is 54.6 Å². The molecule has 0 saturated heterocycles. The fraction of sp³-hybridized carbons (Fsp3) is 0.227. The van der Waals surface area contributed by atoms with E-state index in [1.807, 2.05) is 37.3 Å². The Morgan fingerprint density at radius 1 is 1.10 bits per heavy atom. The fourth-order valence-corrected chi connectivity index (χ4v) is 3.15. The van der Waals surface area contributed by atoms with Crippen molar-refractivity contribution in [2.45, 2.75) is 26.8 Å². The lowest BCUT2D eigenvalue weighted by Crippen LogP contribution is -2.13. The number of esters is 1. The minimum Gasteiger partial charge on any atom is -0.462 e. The quantitative estimate of drug-likeness (QED) is 0.571. The highest BCUT2D eigenvalue weighted by Crippen LogP contribution is 2.22. The smallest absolute Gasteiger partial charge is 0.338 e. The van der Waals surface area contributed by atoms with Crippen LogP contribution in [0, 0.1) is 6.92 Å². The largest absolute Gasteiger partial charge is 0.462 e. The van der Waals surface area contributed by atoms with Crippen LogP contribution in [0.25, 0.3) is 0 Å². The van der Waals surface area contributed by atoms with Crippen molar-refractivity contribution in [3.63, 3.8) is 0 Å². The maximum absolute atomic E-state index is 12.7. The van der Waals surface area contributed by atoms with E-state index in [0.29, 0.717) is 35.7 Å². The molecule has 1 aromatic heterocycles. The number of benzene rings is 2. The molecule has 6 nitrogen and oxygen atoms in total. The molecule has 0 spiro atoms. The van der Waals surface area contributed by atoms with Crippen molar-refractivity contribution in [1.82, 2.24) is 9.78 Å². The van der Waals surface area contributed by atoms with Crippen LogP contribution in [0.3, 0.4) is 0 Å². The van der Waals surface area contributed by atoms with E-state index in [9.17, 15) is 9.59 Å². The molecule has 0 fully saturated rings. The second-order valence-electron chi connectivity index (χ2n) is 6.56. The van der Waals surface area contributed by atoms with Crippen molar-refractivity contribution >= 4 is 29.2 Å². The number of nitrogens with zero attached hydrogens (tertiary/aromatic N) is 2. The molecule has 29 heavy (non-hydrogen) atoms. The number of rotatable bonds is 7. The minimum atomic E-state index is -0.384. The third-order valence-electron chi connectivity index (χ3n) is 4.28. The van der Waals surface area contributed by atoms with Crippen LogP contribution in [0.2, 0.25) is 5.15 Å². The topological polar surface area (TPSA) is 73.2 Å². The molecule has 0 bridgehead atoms. The summed E-state index contributed by atoms with van der Waals surface area (Å²) in [6.45, 7) is 4.53. The van der Waals surface area contributed by atoms with Gasteiger partial charge in [0.1, 0.15) is 5.15 Å². The van der Waals surface area contributed by atoms with Crippen molar-refractivity contribution in [1.29, 1.82) is 0 Å². The van der Waals surface area contributed by atoms with E-state index in [1.165, 1.54) is 0 Å². The van der Waals surface area contributed by atoms with Gasteiger partial charge >= 0.3 is 5.97 Å². The number of hydrogen-bond donors (Lipinski definition) is 1. The van der Waals surface area contributed by atoms with Crippen LogP contribution in [-0.4, -0.2) is 28.3 Å².